The SMILES string of the molecule is Cc1nc(-n2cnc(C)n2)cc(S(C)(=O)=O)n1. The standard InChI is InChI=1S/C9H11N5O2S/c1-6-10-5-14(13-6)8-4-9(17(3,15)16)12-7(2)11-8/h4-5H,1-3H3. The maximum atomic E-state index is 11.4. The van der Waals surface area contributed by atoms with Crippen LogP contribution in [0.3, 0.4) is 0 Å². The third-order valence-electron chi connectivity index (χ3n) is 2.02. The molecule has 0 amide bonds. The average Bonchev–Trinajstić information content (AvgIpc) is 2.62. The minimum atomic E-state index is -3.36. The molecule has 0 saturated carbocycles. The van der Waals surface area contributed by atoms with Crippen LogP contribution in [0, 0.1) is 13.8 Å². The molecule has 0 unspecified atom stereocenters. The van der Waals surface area contributed by atoms with E-state index in [0.29, 0.717) is 17.5 Å². The third-order valence-corrected chi connectivity index (χ3v) is 2.99. The topological polar surface area (TPSA) is 90.6 Å². The van der Waals surface area contributed by atoms with Crippen molar-refractivity contribution < 1.29 is 8.42 Å². The molecule has 0 spiro atoms. The van der Waals surface area contributed by atoms with Gasteiger partial charge in [0.15, 0.2) is 20.7 Å². The quantitative estimate of drug-likeness (QED) is 0.704. The van der Waals surface area contributed by atoms with E-state index in [0.717, 1.165) is 6.26 Å². The van der Waals surface area contributed by atoms with Crippen LogP contribution < -0.4 is 0 Å². The molecule has 2 aromatic heterocycles. The van der Waals surface area contributed by atoms with E-state index >= 15 is 0 Å². The Morgan fingerprint density at radius 2 is 1.88 bits per heavy atom. The number of hydrogen-bond donors (Lipinski definition) is 0. The van der Waals surface area contributed by atoms with Crippen LogP contribution in [-0.2, 0) is 9.84 Å². The highest BCUT2D eigenvalue weighted by atomic mass is 32.2. The van der Waals surface area contributed by atoms with Gasteiger partial charge in [0.05, 0.1) is 0 Å². The highest BCUT2D eigenvalue weighted by molar-refractivity contribution is 7.90. The normalized spacial score (nSPS) is 11.7. The molecular weight excluding hydrogens is 242 g/mol. The molecule has 0 saturated heterocycles. The van der Waals surface area contributed by atoms with Crippen LogP contribution in [0.1, 0.15) is 11.6 Å². The molecule has 90 valence electrons. The van der Waals surface area contributed by atoms with E-state index in [2.05, 4.69) is 20.1 Å². The first-order valence-electron chi connectivity index (χ1n) is 4.80. The van der Waals surface area contributed by atoms with Crippen molar-refractivity contribution in [2.24, 2.45) is 0 Å². The van der Waals surface area contributed by atoms with Gasteiger partial charge in [0.2, 0.25) is 0 Å². The monoisotopic (exact) mass is 253 g/mol. The van der Waals surface area contributed by atoms with Gasteiger partial charge in [-0.2, -0.15) is 5.10 Å². The summed E-state index contributed by atoms with van der Waals surface area (Å²) in [4.78, 5) is 11.9. The second kappa shape index (κ2) is 3.88. The van der Waals surface area contributed by atoms with Gasteiger partial charge in [-0.25, -0.2) is 28.1 Å². The van der Waals surface area contributed by atoms with Crippen molar-refractivity contribution in [1.29, 1.82) is 0 Å². The predicted molar refractivity (Wildman–Crippen MR) is 59.5 cm³/mol. The molecule has 0 aromatic carbocycles. The van der Waals surface area contributed by atoms with Crippen molar-refractivity contribution in [3.05, 3.63) is 24.0 Å². The summed E-state index contributed by atoms with van der Waals surface area (Å²) in [6, 6.07) is 1.37. The summed E-state index contributed by atoms with van der Waals surface area (Å²) < 4.78 is 24.3. The van der Waals surface area contributed by atoms with Crippen LogP contribution in [0.2, 0.25) is 0 Å². The van der Waals surface area contributed by atoms with Gasteiger partial charge in [0.1, 0.15) is 18.0 Å². The maximum absolute atomic E-state index is 11.4. The molecule has 7 nitrogen and oxygen atoms in total. The molecule has 0 radical (unpaired) electrons. The van der Waals surface area contributed by atoms with Crippen LogP contribution in [-0.4, -0.2) is 39.4 Å². The lowest BCUT2D eigenvalue weighted by atomic mass is 10.5. The molecule has 0 fully saturated rings. The Balaban J connectivity index is 2.60. The first-order valence-corrected chi connectivity index (χ1v) is 6.70. The molecule has 8 heteroatoms. The minimum Gasteiger partial charge on any atom is -0.222 e. The second-order valence-corrected chi connectivity index (χ2v) is 5.58. The maximum Gasteiger partial charge on any atom is 0.192 e. The second-order valence-electron chi connectivity index (χ2n) is 3.62. The minimum absolute atomic E-state index is 0.0202. The van der Waals surface area contributed by atoms with Gasteiger partial charge in [-0.1, -0.05) is 0 Å². The van der Waals surface area contributed by atoms with E-state index < -0.39 is 9.84 Å². The summed E-state index contributed by atoms with van der Waals surface area (Å²) in [6.07, 6.45) is 2.58. The number of hydrogen-bond acceptors (Lipinski definition) is 6. The first-order chi connectivity index (χ1) is 7.86. The summed E-state index contributed by atoms with van der Waals surface area (Å²) in [5.74, 6) is 1.34. The molecule has 0 N–H and O–H groups in total. The van der Waals surface area contributed by atoms with Gasteiger partial charge < -0.3 is 0 Å². The highest BCUT2D eigenvalue weighted by Gasteiger charge is 2.13. The van der Waals surface area contributed by atoms with Gasteiger partial charge in [-0.05, 0) is 13.8 Å². The Bertz CT molecular complexity index is 662. The van der Waals surface area contributed by atoms with E-state index in [1.165, 1.54) is 17.1 Å². The molecule has 2 heterocycles. The van der Waals surface area contributed by atoms with Crippen molar-refractivity contribution in [2.45, 2.75) is 18.9 Å². The summed E-state index contributed by atoms with van der Waals surface area (Å²) in [5, 5.41) is 4.05. The summed E-state index contributed by atoms with van der Waals surface area (Å²) >= 11 is 0. The highest BCUT2D eigenvalue weighted by Crippen LogP contribution is 2.10. The number of rotatable bonds is 2. The van der Waals surface area contributed by atoms with Crippen LogP contribution in [0.4, 0.5) is 0 Å². The Hall–Kier alpha value is -1.83. The van der Waals surface area contributed by atoms with Gasteiger partial charge >= 0.3 is 0 Å². The summed E-state index contributed by atoms with van der Waals surface area (Å²) in [6.45, 7) is 3.37. The first kappa shape index (κ1) is 11.6. The number of nitrogens with zero attached hydrogens (tertiary/aromatic N) is 5. The van der Waals surface area contributed by atoms with Crippen LogP contribution >= 0.6 is 0 Å². The van der Waals surface area contributed by atoms with Gasteiger partial charge in [0, 0.05) is 12.3 Å². The van der Waals surface area contributed by atoms with Crippen molar-refractivity contribution in [2.75, 3.05) is 6.26 Å². The Morgan fingerprint density at radius 3 is 2.41 bits per heavy atom. The lowest BCUT2D eigenvalue weighted by molar-refractivity contribution is 0.596. The zero-order valence-corrected chi connectivity index (χ0v) is 10.4. The van der Waals surface area contributed by atoms with Crippen LogP contribution in [0.15, 0.2) is 17.4 Å². The average molecular weight is 253 g/mol. The van der Waals surface area contributed by atoms with Gasteiger partial charge in [-0.3, -0.25) is 0 Å². The molecule has 0 aliphatic heterocycles. The molecule has 0 bridgehead atoms. The number of aromatic nitrogens is 5. The van der Waals surface area contributed by atoms with Gasteiger partial charge in [-0.15, -0.1) is 0 Å². The van der Waals surface area contributed by atoms with E-state index in [9.17, 15) is 8.42 Å². The molecule has 0 aliphatic rings. The fourth-order valence-corrected chi connectivity index (χ4v) is 1.91. The van der Waals surface area contributed by atoms with Gasteiger partial charge in [0.25, 0.3) is 0 Å². The zero-order chi connectivity index (χ0) is 12.6. The number of sulfone groups is 1. The summed E-state index contributed by atoms with van der Waals surface area (Å²) in [7, 11) is -3.36. The largest absolute Gasteiger partial charge is 0.222 e. The molecule has 0 atom stereocenters. The molecular formula is C9H11N5O2S. The van der Waals surface area contributed by atoms with Crippen LogP contribution in [0.25, 0.3) is 5.82 Å². The predicted octanol–water partition coefficient (Wildman–Crippen LogP) is 0.0776. The molecule has 0 aliphatic carbocycles. The van der Waals surface area contributed by atoms with Crippen LogP contribution in [0.5, 0.6) is 0 Å². The molecule has 17 heavy (non-hydrogen) atoms. The smallest absolute Gasteiger partial charge is 0.192 e. The lowest BCUT2D eigenvalue weighted by Gasteiger charge is -2.03. The van der Waals surface area contributed by atoms with Crippen molar-refractivity contribution in [3.63, 3.8) is 0 Å². The third kappa shape index (κ3) is 2.47. The fourth-order valence-electron chi connectivity index (χ4n) is 1.29. The van der Waals surface area contributed by atoms with E-state index in [-0.39, 0.29) is 5.03 Å². The lowest BCUT2D eigenvalue weighted by Crippen LogP contribution is -2.08. The Morgan fingerprint density at radius 1 is 1.18 bits per heavy atom. The van der Waals surface area contributed by atoms with Crippen molar-refractivity contribution in [1.82, 2.24) is 24.7 Å². The van der Waals surface area contributed by atoms with Crippen molar-refractivity contribution in [3.8, 4) is 5.82 Å². The van der Waals surface area contributed by atoms with Crippen molar-refractivity contribution >= 4 is 9.84 Å². The Labute approximate surface area is 98.5 Å². The van der Waals surface area contributed by atoms with E-state index in [1.807, 2.05) is 0 Å². The molecule has 2 aromatic rings. The van der Waals surface area contributed by atoms with E-state index in [1.54, 1.807) is 13.8 Å². The van der Waals surface area contributed by atoms with E-state index in [4.69, 9.17) is 0 Å². The Kier molecular flexibility index (Phi) is 2.66. The molecule has 2 rings (SSSR count). The fraction of sp³-hybridized carbons (Fsp3) is 0.333. The summed E-state index contributed by atoms with van der Waals surface area (Å²) in [5.41, 5.74) is 0. The number of aryl methyl sites for hydroxylation is 2. The zero-order valence-electron chi connectivity index (χ0n) is 9.62.